The molecule has 0 bridgehead atoms. The van der Waals surface area contributed by atoms with E-state index in [2.05, 4.69) is 20.2 Å². The van der Waals surface area contributed by atoms with Crippen LogP contribution in [0.25, 0.3) is 0 Å². The highest BCUT2D eigenvalue weighted by atomic mass is 16.5. The van der Waals surface area contributed by atoms with Gasteiger partial charge in [-0.05, 0) is 6.92 Å². The van der Waals surface area contributed by atoms with E-state index in [0.29, 0.717) is 5.69 Å². The van der Waals surface area contributed by atoms with Gasteiger partial charge in [-0.1, -0.05) is 5.16 Å². The van der Waals surface area contributed by atoms with E-state index in [0.717, 1.165) is 38.5 Å². The molecular formula is C11H18N4O2. The Morgan fingerprint density at radius 3 is 2.82 bits per heavy atom. The molecule has 0 atom stereocenters. The van der Waals surface area contributed by atoms with Crippen molar-refractivity contribution in [2.75, 3.05) is 26.2 Å². The van der Waals surface area contributed by atoms with Crippen molar-refractivity contribution in [1.29, 1.82) is 0 Å². The van der Waals surface area contributed by atoms with Crippen molar-refractivity contribution in [2.45, 2.75) is 20.1 Å². The Hall–Kier alpha value is -1.40. The molecule has 17 heavy (non-hydrogen) atoms. The van der Waals surface area contributed by atoms with Gasteiger partial charge in [-0.2, -0.15) is 5.10 Å². The first-order valence-corrected chi connectivity index (χ1v) is 5.83. The van der Waals surface area contributed by atoms with Crippen LogP contribution in [0.2, 0.25) is 0 Å². The zero-order chi connectivity index (χ0) is 12.1. The third-order valence-corrected chi connectivity index (χ3v) is 2.78. The average Bonchev–Trinajstić information content (AvgIpc) is 2.80. The van der Waals surface area contributed by atoms with Crippen molar-refractivity contribution in [3.05, 3.63) is 17.5 Å². The Labute approximate surface area is 100 Å². The molecule has 1 aliphatic rings. The van der Waals surface area contributed by atoms with Crippen molar-refractivity contribution in [2.24, 2.45) is 5.10 Å². The SMILES string of the molecule is C/C=N/N1CCN(Cc2cc(CO)no2)CC1. The molecule has 1 aliphatic heterocycles. The molecule has 1 saturated heterocycles. The summed E-state index contributed by atoms with van der Waals surface area (Å²) < 4.78 is 5.14. The van der Waals surface area contributed by atoms with E-state index in [-0.39, 0.29) is 6.61 Å². The van der Waals surface area contributed by atoms with Gasteiger partial charge in [0.25, 0.3) is 0 Å². The Morgan fingerprint density at radius 2 is 2.24 bits per heavy atom. The Morgan fingerprint density at radius 1 is 1.47 bits per heavy atom. The van der Waals surface area contributed by atoms with Crippen molar-refractivity contribution < 1.29 is 9.63 Å². The monoisotopic (exact) mass is 238 g/mol. The zero-order valence-electron chi connectivity index (χ0n) is 10.0. The maximum atomic E-state index is 8.89. The highest BCUT2D eigenvalue weighted by Gasteiger charge is 2.16. The molecule has 6 nitrogen and oxygen atoms in total. The molecule has 0 amide bonds. The minimum atomic E-state index is -0.0670. The third-order valence-electron chi connectivity index (χ3n) is 2.78. The molecule has 94 valence electrons. The topological polar surface area (TPSA) is 65.1 Å². The van der Waals surface area contributed by atoms with E-state index in [9.17, 15) is 0 Å². The van der Waals surface area contributed by atoms with Crippen LogP contribution in [0.5, 0.6) is 0 Å². The van der Waals surface area contributed by atoms with Crippen LogP contribution < -0.4 is 0 Å². The van der Waals surface area contributed by atoms with E-state index in [1.807, 2.05) is 13.1 Å². The van der Waals surface area contributed by atoms with Gasteiger partial charge in [0.05, 0.1) is 13.2 Å². The lowest BCUT2D eigenvalue weighted by Gasteiger charge is -2.32. The van der Waals surface area contributed by atoms with E-state index in [1.54, 1.807) is 6.07 Å². The van der Waals surface area contributed by atoms with Gasteiger partial charge in [-0.3, -0.25) is 9.91 Å². The van der Waals surface area contributed by atoms with Gasteiger partial charge in [0.2, 0.25) is 0 Å². The van der Waals surface area contributed by atoms with Gasteiger partial charge in [-0.15, -0.1) is 0 Å². The second-order valence-electron chi connectivity index (χ2n) is 4.05. The number of aromatic nitrogens is 1. The summed E-state index contributed by atoms with van der Waals surface area (Å²) in [7, 11) is 0. The molecule has 1 aromatic heterocycles. The van der Waals surface area contributed by atoms with Crippen LogP contribution in [0.1, 0.15) is 18.4 Å². The molecule has 0 spiro atoms. The summed E-state index contributed by atoms with van der Waals surface area (Å²) in [4.78, 5) is 2.29. The fourth-order valence-corrected chi connectivity index (χ4v) is 1.90. The van der Waals surface area contributed by atoms with Crippen LogP contribution in [-0.2, 0) is 13.2 Å². The van der Waals surface area contributed by atoms with Gasteiger partial charge in [0, 0.05) is 38.5 Å². The van der Waals surface area contributed by atoms with Gasteiger partial charge in [0.15, 0.2) is 5.76 Å². The number of aliphatic hydroxyl groups excluding tert-OH is 1. The average molecular weight is 238 g/mol. The molecule has 6 heteroatoms. The summed E-state index contributed by atoms with van der Waals surface area (Å²) >= 11 is 0. The van der Waals surface area contributed by atoms with Gasteiger partial charge < -0.3 is 9.63 Å². The summed E-state index contributed by atoms with van der Waals surface area (Å²) in [5, 5.41) is 19.0. The second kappa shape index (κ2) is 5.79. The largest absolute Gasteiger partial charge is 0.390 e. The number of rotatable bonds is 4. The number of hydrogen-bond acceptors (Lipinski definition) is 6. The maximum Gasteiger partial charge on any atom is 0.151 e. The van der Waals surface area contributed by atoms with Crippen LogP contribution in [0.15, 0.2) is 15.7 Å². The highest BCUT2D eigenvalue weighted by Crippen LogP contribution is 2.10. The van der Waals surface area contributed by atoms with Crippen molar-refractivity contribution >= 4 is 6.21 Å². The summed E-state index contributed by atoms with van der Waals surface area (Å²) in [6.45, 7) is 6.41. The number of hydrazone groups is 1. The first-order valence-electron chi connectivity index (χ1n) is 5.83. The van der Waals surface area contributed by atoms with Crippen molar-refractivity contribution in [3.8, 4) is 0 Å². The lowest BCUT2D eigenvalue weighted by atomic mass is 10.3. The predicted molar refractivity (Wildman–Crippen MR) is 63.4 cm³/mol. The molecule has 0 radical (unpaired) electrons. The lowest BCUT2D eigenvalue weighted by molar-refractivity contribution is 0.122. The number of nitrogens with zero attached hydrogens (tertiary/aromatic N) is 4. The Kier molecular flexibility index (Phi) is 4.11. The molecule has 2 rings (SSSR count). The fraction of sp³-hybridized carbons (Fsp3) is 0.636. The van der Waals surface area contributed by atoms with Crippen molar-refractivity contribution in [1.82, 2.24) is 15.1 Å². The first-order chi connectivity index (χ1) is 8.31. The van der Waals surface area contributed by atoms with Crippen LogP contribution in [-0.4, -0.2) is 52.6 Å². The molecule has 0 aromatic carbocycles. The van der Waals surface area contributed by atoms with Crippen LogP contribution >= 0.6 is 0 Å². The minimum absolute atomic E-state index is 0.0670. The number of aliphatic hydroxyl groups is 1. The zero-order valence-corrected chi connectivity index (χ0v) is 10.0. The highest BCUT2D eigenvalue weighted by molar-refractivity contribution is 5.52. The lowest BCUT2D eigenvalue weighted by Crippen LogP contribution is -2.43. The smallest absolute Gasteiger partial charge is 0.151 e. The molecule has 0 aliphatic carbocycles. The normalized spacial score (nSPS) is 18.1. The molecule has 2 heterocycles. The van der Waals surface area contributed by atoms with E-state index in [1.165, 1.54) is 0 Å². The molecule has 1 aromatic rings. The summed E-state index contributed by atoms with van der Waals surface area (Å²) in [6.07, 6.45) is 1.82. The van der Waals surface area contributed by atoms with E-state index < -0.39 is 0 Å². The molecule has 1 N–H and O–H groups in total. The number of hydrogen-bond donors (Lipinski definition) is 1. The Balaban J connectivity index is 1.81. The molecule has 0 saturated carbocycles. The van der Waals surface area contributed by atoms with E-state index in [4.69, 9.17) is 9.63 Å². The van der Waals surface area contributed by atoms with Crippen molar-refractivity contribution in [3.63, 3.8) is 0 Å². The standard InChI is InChI=1S/C11H18N4O2/c1-2-12-15-5-3-14(4-6-15)8-11-7-10(9-16)13-17-11/h2,7,16H,3-6,8-9H2,1H3/b12-2+. The van der Waals surface area contributed by atoms with Gasteiger partial charge >= 0.3 is 0 Å². The van der Waals surface area contributed by atoms with E-state index >= 15 is 0 Å². The summed E-state index contributed by atoms with van der Waals surface area (Å²) in [5.74, 6) is 0.807. The molecular weight excluding hydrogens is 220 g/mol. The minimum Gasteiger partial charge on any atom is -0.390 e. The van der Waals surface area contributed by atoms with Gasteiger partial charge in [-0.25, -0.2) is 0 Å². The van der Waals surface area contributed by atoms with Crippen LogP contribution in [0.4, 0.5) is 0 Å². The van der Waals surface area contributed by atoms with Crippen LogP contribution in [0, 0.1) is 0 Å². The van der Waals surface area contributed by atoms with Crippen LogP contribution in [0.3, 0.4) is 0 Å². The summed E-state index contributed by atoms with van der Waals surface area (Å²) in [5.41, 5.74) is 0.592. The summed E-state index contributed by atoms with van der Waals surface area (Å²) in [6, 6.07) is 1.80. The quantitative estimate of drug-likeness (QED) is 0.764. The predicted octanol–water partition coefficient (Wildman–Crippen LogP) is 0.290. The van der Waals surface area contributed by atoms with Gasteiger partial charge in [0.1, 0.15) is 5.69 Å². The third kappa shape index (κ3) is 3.28. The number of piperazine rings is 1. The second-order valence-corrected chi connectivity index (χ2v) is 4.05. The first kappa shape index (κ1) is 12.1. The Bertz CT molecular complexity index is 369. The fourth-order valence-electron chi connectivity index (χ4n) is 1.90. The molecule has 1 fully saturated rings. The molecule has 0 unspecified atom stereocenters. The maximum absolute atomic E-state index is 8.89.